The van der Waals surface area contributed by atoms with Gasteiger partial charge in [0.15, 0.2) is 6.23 Å². The van der Waals surface area contributed by atoms with Gasteiger partial charge in [-0.3, -0.25) is 0 Å². The molecule has 2 aliphatic rings. The van der Waals surface area contributed by atoms with E-state index in [0.717, 1.165) is 77.7 Å². The van der Waals surface area contributed by atoms with Crippen molar-refractivity contribution in [3.63, 3.8) is 0 Å². The molecule has 0 bridgehead atoms. The van der Waals surface area contributed by atoms with E-state index in [4.69, 9.17) is 19.3 Å². The zero-order chi connectivity index (χ0) is 27.4. The maximum Gasteiger partial charge on any atom is 0.407 e. The highest BCUT2D eigenvalue weighted by atomic mass is 16.5. The van der Waals surface area contributed by atoms with Gasteiger partial charge in [-0.05, 0) is 67.5 Å². The molecule has 8 nitrogen and oxygen atoms in total. The number of nitrogens with one attached hydrogen (secondary N) is 1. The predicted molar refractivity (Wildman–Crippen MR) is 152 cm³/mol. The minimum atomic E-state index is -0.423. The third-order valence-electron chi connectivity index (χ3n) is 7.69. The van der Waals surface area contributed by atoms with E-state index in [0.29, 0.717) is 13.0 Å². The number of fused-ring (bicyclic) bond motifs is 1. The van der Waals surface area contributed by atoms with Gasteiger partial charge in [0.1, 0.15) is 23.7 Å². The Bertz CT molecular complexity index is 1460. The molecule has 1 saturated carbocycles. The summed E-state index contributed by atoms with van der Waals surface area (Å²) in [6, 6.07) is 23.6. The van der Waals surface area contributed by atoms with E-state index < -0.39 is 6.09 Å². The van der Waals surface area contributed by atoms with Crippen molar-refractivity contribution in [3.8, 4) is 17.0 Å². The quantitative estimate of drug-likeness (QED) is 0.251. The van der Waals surface area contributed by atoms with Crippen LogP contribution < -0.4 is 10.1 Å². The van der Waals surface area contributed by atoms with Crippen molar-refractivity contribution in [2.24, 2.45) is 0 Å². The normalized spacial score (nSPS) is 17.9. The van der Waals surface area contributed by atoms with E-state index in [9.17, 15) is 9.90 Å². The molecule has 1 amide bonds. The molecular weight excluding hydrogens is 506 g/mol. The van der Waals surface area contributed by atoms with Crippen LogP contribution in [0, 0.1) is 0 Å². The average molecular weight is 542 g/mol. The van der Waals surface area contributed by atoms with Gasteiger partial charge in [-0.25, -0.2) is 9.48 Å². The maximum atomic E-state index is 12.2. The van der Waals surface area contributed by atoms with Gasteiger partial charge < -0.3 is 24.6 Å². The lowest BCUT2D eigenvalue weighted by Gasteiger charge is -2.23. The van der Waals surface area contributed by atoms with E-state index in [1.165, 1.54) is 0 Å². The van der Waals surface area contributed by atoms with Gasteiger partial charge >= 0.3 is 6.09 Å². The second kappa shape index (κ2) is 11.7. The Labute approximate surface area is 233 Å². The molecule has 8 heteroatoms. The van der Waals surface area contributed by atoms with Crippen LogP contribution in [0.25, 0.3) is 22.2 Å². The summed E-state index contributed by atoms with van der Waals surface area (Å²) in [4.78, 5) is 12.2. The first-order chi connectivity index (χ1) is 19.6. The first kappa shape index (κ1) is 26.3. The van der Waals surface area contributed by atoms with Crippen LogP contribution in [-0.2, 0) is 22.7 Å². The Hall–Kier alpha value is -3.88. The standard InChI is InChI=1S/C32H35N3O5/c36-21-24-9-6-10-25(19-24)30-27-20-26(12-13-28(27)35(34-30)29-11-4-5-18-38-29)40-32(14-15-32)16-17-33-31(37)39-22-23-7-2-1-3-8-23/h1-3,6-10,12-13,19-20,29,36H,4-5,11,14-18,21-22H2,(H,33,37). The first-order valence-electron chi connectivity index (χ1n) is 14.1. The first-order valence-corrected chi connectivity index (χ1v) is 14.1. The maximum absolute atomic E-state index is 12.2. The Balaban J connectivity index is 1.16. The van der Waals surface area contributed by atoms with Gasteiger partial charge in [0.2, 0.25) is 0 Å². The van der Waals surface area contributed by atoms with Crippen LogP contribution in [-0.4, -0.2) is 39.7 Å². The van der Waals surface area contributed by atoms with Crippen LogP contribution >= 0.6 is 0 Å². The monoisotopic (exact) mass is 541 g/mol. The fraction of sp³-hybridized carbons (Fsp3) is 0.375. The highest BCUT2D eigenvalue weighted by Crippen LogP contribution is 2.44. The van der Waals surface area contributed by atoms with Crippen molar-refractivity contribution in [1.82, 2.24) is 15.1 Å². The molecule has 3 aromatic carbocycles. The highest BCUT2D eigenvalue weighted by Gasteiger charge is 2.45. The molecule has 1 unspecified atom stereocenters. The Morgan fingerprint density at radius 3 is 2.67 bits per heavy atom. The molecule has 0 spiro atoms. The van der Waals surface area contributed by atoms with Gasteiger partial charge in [-0.15, -0.1) is 0 Å². The molecular formula is C32H35N3O5. The van der Waals surface area contributed by atoms with Crippen molar-refractivity contribution < 1.29 is 24.1 Å². The Morgan fingerprint density at radius 2 is 1.90 bits per heavy atom. The van der Waals surface area contributed by atoms with Gasteiger partial charge in [0.05, 0.1) is 12.1 Å². The fourth-order valence-corrected chi connectivity index (χ4v) is 5.31. The number of carbonyl (C=O) groups excluding carboxylic acids is 1. The van der Waals surface area contributed by atoms with Crippen LogP contribution in [0.15, 0.2) is 72.8 Å². The number of benzene rings is 3. The van der Waals surface area contributed by atoms with E-state index in [2.05, 4.69) is 17.4 Å². The van der Waals surface area contributed by atoms with Crippen LogP contribution in [0.3, 0.4) is 0 Å². The number of hydrogen-bond donors (Lipinski definition) is 2. The summed E-state index contributed by atoms with van der Waals surface area (Å²) < 4.78 is 19.9. The Morgan fingerprint density at radius 1 is 1.05 bits per heavy atom. The minimum Gasteiger partial charge on any atom is -0.487 e. The van der Waals surface area contributed by atoms with Crippen LogP contribution in [0.4, 0.5) is 4.79 Å². The number of rotatable bonds is 10. The zero-order valence-corrected chi connectivity index (χ0v) is 22.6. The molecule has 1 aliphatic carbocycles. The number of carbonyl (C=O) groups is 1. The number of amides is 1. The summed E-state index contributed by atoms with van der Waals surface area (Å²) in [5.74, 6) is 0.778. The van der Waals surface area contributed by atoms with E-state index in [1.807, 2.05) is 65.3 Å². The van der Waals surface area contributed by atoms with Gasteiger partial charge in [-0.2, -0.15) is 5.10 Å². The molecule has 1 saturated heterocycles. The minimum absolute atomic E-state index is 0.0249. The van der Waals surface area contributed by atoms with Crippen molar-refractivity contribution in [3.05, 3.63) is 83.9 Å². The topological polar surface area (TPSA) is 94.8 Å². The number of hydrogen-bond acceptors (Lipinski definition) is 6. The SMILES string of the molecule is O=C(NCCC1(Oc2ccc3c(c2)c(-c2cccc(CO)c2)nn3C2CCCCO2)CC1)OCc1ccccc1. The lowest BCUT2D eigenvalue weighted by molar-refractivity contribution is -0.0365. The van der Waals surface area contributed by atoms with Crippen LogP contribution in [0.2, 0.25) is 0 Å². The number of alkyl carbamates (subject to hydrolysis) is 1. The third kappa shape index (κ3) is 5.98. The van der Waals surface area contributed by atoms with Crippen molar-refractivity contribution in [2.45, 2.75) is 63.6 Å². The molecule has 2 fully saturated rings. The van der Waals surface area contributed by atoms with Crippen LogP contribution in [0.5, 0.6) is 5.75 Å². The number of ether oxygens (including phenoxy) is 3. The largest absolute Gasteiger partial charge is 0.487 e. The smallest absolute Gasteiger partial charge is 0.407 e. The van der Waals surface area contributed by atoms with E-state index >= 15 is 0 Å². The summed E-state index contributed by atoms with van der Waals surface area (Å²) >= 11 is 0. The number of aromatic nitrogens is 2. The number of nitrogens with zero attached hydrogens (tertiary/aromatic N) is 2. The summed E-state index contributed by atoms with van der Waals surface area (Å²) in [5, 5.41) is 18.6. The molecule has 6 rings (SSSR count). The zero-order valence-electron chi connectivity index (χ0n) is 22.6. The Kier molecular flexibility index (Phi) is 7.71. The molecule has 1 aromatic heterocycles. The molecule has 2 N–H and O–H groups in total. The average Bonchev–Trinajstić information content (AvgIpc) is 3.66. The lowest BCUT2D eigenvalue weighted by atomic mass is 10.0. The summed E-state index contributed by atoms with van der Waals surface area (Å²) in [6.45, 7) is 1.44. The van der Waals surface area contributed by atoms with Gasteiger partial charge in [0.25, 0.3) is 0 Å². The summed E-state index contributed by atoms with van der Waals surface area (Å²) in [5.41, 5.74) is 4.29. The summed E-state index contributed by atoms with van der Waals surface area (Å²) in [6.07, 6.45) is 5.16. The van der Waals surface area contributed by atoms with E-state index in [1.54, 1.807) is 0 Å². The highest BCUT2D eigenvalue weighted by molar-refractivity contribution is 5.94. The molecule has 4 aromatic rings. The molecule has 208 valence electrons. The molecule has 1 atom stereocenters. The van der Waals surface area contributed by atoms with Gasteiger partial charge in [0, 0.05) is 30.5 Å². The van der Waals surface area contributed by atoms with E-state index in [-0.39, 0.29) is 25.0 Å². The molecule has 40 heavy (non-hydrogen) atoms. The summed E-state index contributed by atoms with van der Waals surface area (Å²) in [7, 11) is 0. The fourth-order valence-electron chi connectivity index (χ4n) is 5.31. The predicted octanol–water partition coefficient (Wildman–Crippen LogP) is 6.12. The lowest BCUT2D eigenvalue weighted by Crippen LogP contribution is -2.30. The second-order valence-electron chi connectivity index (χ2n) is 10.7. The van der Waals surface area contributed by atoms with Crippen molar-refractivity contribution in [1.29, 1.82) is 0 Å². The molecule has 2 heterocycles. The molecule has 1 aliphatic heterocycles. The third-order valence-corrected chi connectivity index (χ3v) is 7.69. The number of aliphatic hydroxyl groups is 1. The molecule has 0 radical (unpaired) electrons. The van der Waals surface area contributed by atoms with Crippen molar-refractivity contribution in [2.75, 3.05) is 13.2 Å². The van der Waals surface area contributed by atoms with Gasteiger partial charge in [-0.1, -0.05) is 48.5 Å². The number of aliphatic hydroxyl groups excluding tert-OH is 1. The second-order valence-corrected chi connectivity index (χ2v) is 10.7. The van der Waals surface area contributed by atoms with Crippen LogP contribution in [0.1, 0.15) is 55.9 Å². The van der Waals surface area contributed by atoms with Crippen molar-refractivity contribution >= 4 is 17.0 Å².